The zero-order chi connectivity index (χ0) is 18.0. The molecule has 1 saturated heterocycles. The van der Waals surface area contributed by atoms with Gasteiger partial charge in [0.05, 0.1) is 23.7 Å². The molecule has 7 nitrogen and oxygen atoms in total. The Bertz CT molecular complexity index is 737. The molecule has 0 amide bonds. The quantitative estimate of drug-likeness (QED) is 0.768. The van der Waals surface area contributed by atoms with Crippen molar-refractivity contribution < 1.29 is 17.7 Å². The number of aromatic nitrogens is 3. The first-order valence-corrected chi connectivity index (χ1v) is 7.96. The van der Waals surface area contributed by atoms with E-state index in [4.69, 9.17) is 21.9 Å². The van der Waals surface area contributed by atoms with Crippen molar-refractivity contribution >= 4 is 42.2 Å². The van der Waals surface area contributed by atoms with Gasteiger partial charge in [0.15, 0.2) is 5.82 Å². The Kier molecular flexibility index (Phi) is 8.55. The van der Waals surface area contributed by atoms with Crippen molar-refractivity contribution in [2.75, 3.05) is 31.1 Å². The molecule has 3 rings (SSSR count). The van der Waals surface area contributed by atoms with Gasteiger partial charge in [-0.15, -0.1) is 24.8 Å². The molecule has 13 heteroatoms. The highest BCUT2D eigenvalue weighted by atomic mass is 35.5. The third-order valence-electron chi connectivity index (χ3n) is 3.87. The van der Waals surface area contributed by atoms with E-state index in [0.717, 1.165) is 12.3 Å². The van der Waals surface area contributed by atoms with Crippen molar-refractivity contribution in [1.82, 2.24) is 20.0 Å². The molecule has 2 N–H and O–H groups in total. The molecule has 0 aliphatic carbocycles. The van der Waals surface area contributed by atoms with Gasteiger partial charge in [-0.3, -0.25) is 4.90 Å². The van der Waals surface area contributed by atoms with E-state index in [2.05, 4.69) is 20.0 Å². The Morgan fingerprint density at radius 1 is 1.19 bits per heavy atom. The summed E-state index contributed by atoms with van der Waals surface area (Å²) in [5, 5.41) is 3.84. The number of anilines is 1. The average molecular weight is 450 g/mol. The molecule has 0 spiro atoms. The highest BCUT2D eigenvalue weighted by Crippen LogP contribution is 2.33. The molecule has 0 radical (unpaired) electrons. The van der Waals surface area contributed by atoms with E-state index in [1.807, 2.05) is 4.90 Å². The summed E-state index contributed by atoms with van der Waals surface area (Å²) < 4.78 is 43.0. The summed E-state index contributed by atoms with van der Waals surface area (Å²) >= 11 is 5.99. The first kappa shape index (κ1) is 23.7. The van der Waals surface area contributed by atoms with Crippen molar-refractivity contribution in [2.24, 2.45) is 5.73 Å². The van der Waals surface area contributed by atoms with E-state index in [1.165, 1.54) is 0 Å². The average Bonchev–Trinajstić information content (AvgIpc) is 3.02. The van der Waals surface area contributed by atoms with Crippen LogP contribution >= 0.6 is 36.4 Å². The van der Waals surface area contributed by atoms with E-state index in [-0.39, 0.29) is 36.4 Å². The van der Waals surface area contributed by atoms with Gasteiger partial charge in [0.25, 0.3) is 0 Å². The molecule has 2 aromatic heterocycles. The molecule has 3 heterocycles. The van der Waals surface area contributed by atoms with E-state index >= 15 is 0 Å². The Labute approximate surface area is 170 Å². The van der Waals surface area contributed by atoms with Crippen LogP contribution in [0.3, 0.4) is 0 Å². The van der Waals surface area contributed by atoms with Gasteiger partial charge < -0.3 is 15.2 Å². The largest absolute Gasteiger partial charge is 0.417 e. The van der Waals surface area contributed by atoms with Gasteiger partial charge in [-0.2, -0.15) is 18.2 Å². The molecule has 2 aromatic rings. The van der Waals surface area contributed by atoms with Crippen molar-refractivity contribution in [3.63, 3.8) is 0 Å². The molecule has 1 fully saturated rings. The summed E-state index contributed by atoms with van der Waals surface area (Å²) in [6.45, 7) is 3.22. The molecule has 0 bridgehead atoms. The van der Waals surface area contributed by atoms with Crippen LogP contribution in [-0.4, -0.2) is 46.2 Å². The van der Waals surface area contributed by atoms with Crippen LogP contribution in [0.25, 0.3) is 0 Å². The Morgan fingerprint density at radius 2 is 1.85 bits per heavy atom. The van der Waals surface area contributed by atoms with Crippen LogP contribution in [-0.2, 0) is 19.3 Å². The summed E-state index contributed by atoms with van der Waals surface area (Å²) in [4.78, 5) is 12.0. The summed E-state index contributed by atoms with van der Waals surface area (Å²) in [7, 11) is 0. The maximum atomic E-state index is 12.7. The van der Waals surface area contributed by atoms with Crippen molar-refractivity contribution in [3.8, 4) is 0 Å². The van der Waals surface area contributed by atoms with E-state index in [0.29, 0.717) is 50.3 Å². The highest BCUT2D eigenvalue weighted by molar-refractivity contribution is 6.33. The fourth-order valence-electron chi connectivity index (χ4n) is 2.57. The summed E-state index contributed by atoms with van der Waals surface area (Å²) in [6.07, 6.45) is -3.65. The van der Waals surface area contributed by atoms with Crippen LogP contribution in [0, 0.1) is 0 Å². The normalized spacial score (nSPS) is 15.2. The molecule has 0 unspecified atom stereocenters. The molecule has 27 heavy (non-hydrogen) atoms. The zero-order valence-corrected chi connectivity index (χ0v) is 16.3. The van der Waals surface area contributed by atoms with E-state index in [9.17, 15) is 13.2 Å². The van der Waals surface area contributed by atoms with Crippen molar-refractivity contribution in [2.45, 2.75) is 19.3 Å². The molecule has 0 saturated carbocycles. The summed E-state index contributed by atoms with van der Waals surface area (Å²) in [6, 6.07) is 0.907. The SMILES string of the molecule is Cl.Cl.NCc1nc(CN2CCN(c3ncc(C(F)(F)F)cc3Cl)CC2)no1. The number of nitrogens with two attached hydrogens (primary N) is 1. The zero-order valence-electron chi connectivity index (χ0n) is 13.9. The minimum atomic E-state index is -4.46. The van der Waals surface area contributed by atoms with Crippen molar-refractivity contribution in [3.05, 3.63) is 34.6 Å². The van der Waals surface area contributed by atoms with Crippen molar-refractivity contribution in [1.29, 1.82) is 0 Å². The van der Waals surface area contributed by atoms with Gasteiger partial charge in [-0.05, 0) is 6.07 Å². The number of halogens is 6. The fraction of sp³-hybridized carbons (Fsp3) is 0.500. The maximum absolute atomic E-state index is 12.7. The molecular formula is C14H18Cl3F3N6O. The third-order valence-corrected chi connectivity index (χ3v) is 4.15. The van der Waals surface area contributed by atoms with E-state index in [1.54, 1.807) is 0 Å². The van der Waals surface area contributed by atoms with Crippen LogP contribution in [0.2, 0.25) is 5.02 Å². The number of hydrogen-bond donors (Lipinski definition) is 1. The number of alkyl halides is 3. The van der Waals surface area contributed by atoms with Crippen LogP contribution in [0.15, 0.2) is 16.8 Å². The topological polar surface area (TPSA) is 84.3 Å². The van der Waals surface area contributed by atoms with Gasteiger partial charge in [-0.25, -0.2) is 4.98 Å². The summed E-state index contributed by atoms with van der Waals surface area (Å²) in [5.74, 6) is 1.30. The number of piperazine rings is 1. The molecule has 1 aliphatic heterocycles. The highest BCUT2D eigenvalue weighted by Gasteiger charge is 2.32. The molecule has 0 atom stereocenters. The van der Waals surface area contributed by atoms with Gasteiger partial charge in [0.1, 0.15) is 5.82 Å². The number of pyridine rings is 1. The Hall–Kier alpha value is -1.33. The number of rotatable bonds is 4. The van der Waals surface area contributed by atoms with Crippen LogP contribution < -0.4 is 10.6 Å². The molecule has 1 aliphatic rings. The second-order valence-electron chi connectivity index (χ2n) is 5.60. The summed E-state index contributed by atoms with van der Waals surface area (Å²) in [5.41, 5.74) is 4.57. The molecular weight excluding hydrogens is 432 g/mol. The maximum Gasteiger partial charge on any atom is 0.417 e. The standard InChI is InChI=1S/C14H16ClF3N6O.2ClH/c15-10-5-9(14(16,17)18)7-20-13(10)24-3-1-23(2-4-24)8-11-21-12(6-19)25-22-11;;/h5,7H,1-4,6,8,19H2;2*1H. The van der Waals surface area contributed by atoms with Crippen LogP contribution in [0.4, 0.5) is 19.0 Å². The number of nitrogens with zero attached hydrogens (tertiary/aromatic N) is 5. The minimum Gasteiger partial charge on any atom is -0.353 e. The lowest BCUT2D eigenvalue weighted by atomic mass is 10.2. The van der Waals surface area contributed by atoms with Gasteiger partial charge in [0.2, 0.25) is 5.89 Å². The lowest BCUT2D eigenvalue weighted by Gasteiger charge is -2.35. The van der Waals surface area contributed by atoms with Crippen LogP contribution in [0.5, 0.6) is 0 Å². The predicted molar refractivity (Wildman–Crippen MR) is 98.4 cm³/mol. The number of hydrogen-bond acceptors (Lipinski definition) is 7. The van der Waals surface area contributed by atoms with Gasteiger partial charge in [-0.1, -0.05) is 16.8 Å². The monoisotopic (exact) mass is 448 g/mol. The lowest BCUT2D eigenvalue weighted by molar-refractivity contribution is -0.137. The van der Waals surface area contributed by atoms with Gasteiger partial charge in [0, 0.05) is 32.4 Å². The second-order valence-corrected chi connectivity index (χ2v) is 6.01. The third kappa shape index (κ3) is 5.82. The first-order valence-electron chi connectivity index (χ1n) is 7.58. The Balaban J connectivity index is 0.00000182. The van der Waals surface area contributed by atoms with Crippen LogP contribution in [0.1, 0.15) is 17.3 Å². The molecule has 152 valence electrons. The predicted octanol–water partition coefficient (Wildman–Crippen LogP) is 2.76. The first-order chi connectivity index (χ1) is 11.9. The minimum absolute atomic E-state index is 0. The van der Waals surface area contributed by atoms with E-state index < -0.39 is 11.7 Å². The lowest BCUT2D eigenvalue weighted by Crippen LogP contribution is -2.46. The molecule has 0 aromatic carbocycles. The Morgan fingerprint density at radius 3 is 2.37 bits per heavy atom. The fourth-order valence-corrected chi connectivity index (χ4v) is 2.86. The second kappa shape index (κ2) is 9.74. The van der Waals surface area contributed by atoms with Gasteiger partial charge >= 0.3 is 6.18 Å². The smallest absolute Gasteiger partial charge is 0.353 e.